The first kappa shape index (κ1) is 118. The number of Topliss-reactive ketones (excluding diaryl/α,β-unsaturated/α-hetero) is 4. The molecule has 0 amide bonds. The number of nitrogens with zero attached hydrogens (tertiary/aromatic N) is 9. The van der Waals surface area contributed by atoms with Gasteiger partial charge >= 0.3 is 103 Å². The van der Waals surface area contributed by atoms with Crippen LogP contribution in [0.15, 0.2) is 48.5 Å². The van der Waals surface area contributed by atoms with Crippen molar-refractivity contribution in [1.29, 1.82) is 0 Å². The fourth-order valence-corrected chi connectivity index (χ4v) is 37.9. The molecule has 0 saturated heterocycles. The van der Waals surface area contributed by atoms with Crippen molar-refractivity contribution in [2.75, 3.05) is 22.3 Å². The molecule has 24 rings (SSSR count). The van der Waals surface area contributed by atoms with Gasteiger partial charge in [0.25, 0.3) is 6.47 Å². The van der Waals surface area contributed by atoms with E-state index in [1.54, 1.807) is 34.0 Å². The van der Waals surface area contributed by atoms with E-state index in [-0.39, 0.29) is 237 Å². The molecule has 4 aromatic carbocycles. The largest absolute Gasteiger partial charge is 1.00 e. The average molecular weight is 2250 g/mol. The van der Waals surface area contributed by atoms with Crippen molar-refractivity contribution >= 4 is 136 Å². The quantitative estimate of drug-likeness (QED) is 0.0149. The second kappa shape index (κ2) is 44.7. The van der Waals surface area contributed by atoms with Crippen molar-refractivity contribution < 1.29 is 176 Å². The van der Waals surface area contributed by atoms with Crippen molar-refractivity contribution in [3.63, 3.8) is 0 Å². The molecule has 0 unspecified atom stereocenters. The standard InChI is InChI=1S/C28H37ClFN3O2.C28H39ClFN3O2.C28H37ClFN3O2.C22H35BrO2.C6H3ClFN3.CH2O3.CH4.2K.H/c1-26(35)12-13-27(2)16(14-26)4-5-17-18-6-7-20(28(18,3)11-10-19(17)27)23(34)15-33-22-9-8-21(29)24(30)25(22)31-32-33;1-26(35)12-13-27(2)16(14-26)4-5-17-18-6-7-20(28(18,3)11-10-19(17)27)23(34)15-33-25-22(31-32-33)9-8-21(29)24(25)30;1-26(35)12-13-27(2)16(14-26)4-5-17-18-6-7-20(28(18,3)11-10-19(17)27)23(34)15-33-31-22-9-8-21(29)24(30)25(22)32-33;1-20(25)10-11-21(2)14(12-20)4-5-15-16-6-7-18(19(24)13-23)22(16,3)9-8-17(15)21;7-3-1-2-4-6(5(3)8)10-11-9-4;2-1-4-3;;;;/h8-9,16-20,35H,4-7,10-15H2,1-3H3;8-9,16-20,31-32,35H,4-7,10-15H2,1-3H3;8-9,16-20,35H,4-7,10-15H2,1-3H3;14-18,25H,4-13H2,1-3H3;1-2H,(H,9,10,11);1,3H;1H4;;;/q;;;;;;;2*+1;-1/p-1/t3*16-,17-,18-,19-,20+,26+,27-,28-;14-,15-,16-,17-,18+,20+,21-,22-;;;;;;/m0000....../s1. The molecule has 23 nitrogen and oxygen atoms in total. The van der Waals surface area contributed by atoms with Gasteiger partial charge in [0.15, 0.2) is 40.6 Å². The molecule has 804 valence electrons. The Labute approximate surface area is 985 Å². The van der Waals surface area contributed by atoms with Crippen LogP contribution in [0.25, 0.3) is 33.1 Å². The summed E-state index contributed by atoms with van der Waals surface area (Å²) < 4.78 is 57.9. The van der Waals surface area contributed by atoms with Gasteiger partial charge in [-0.25, -0.2) is 22.2 Å². The number of hydrazine groups is 2. The molecule has 1 aliphatic heterocycles. The maximum absolute atomic E-state index is 14.7. The number of fused-ring (bicyclic) bond motifs is 24. The third kappa shape index (κ3) is 21.4. The second-order valence-corrected chi connectivity index (χ2v) is 54.1. The van der Waals surface area contributed by atoms with Gasteiger partial charge < -0.3 is 37.4 Å². The predicted molar refractivity (Wildman–Crippen MR) is 562 cm³/mol. The van der Waals surface area contributed by atoms with E-state index in [1.165, 1.54) is 125 Å². The van der Waals surface area contributed by atoms with Gasteiger partial charge in [-0.2, -0.15) is 25.3 Å². The van der Waals surface area contributed by atoms with Gasteiger partial charge in [-0.05, 0) is 445 Å². The van der Waals surface area contributed by atoms with Crippen LogP contribution in [0.3, 0.4) is 0 Å². The van der Waals surface area contributed by atoms with E-state index in [4.69, 9.17) is 56.5 Å². The number of anilines is 2. The Bertz CT molecular complexity index is 6060. The number of halogens is 9. The first-order chi connectivity index (χ1) is 68.5. The monoisotopic (exact) mass is 2240 g/mol. The number of carbonyl (C=O) groups excluding carboxylic acids is 5. The van der Waals surface area contributed by atoms with Crippen LogP contribution in [0.5, 0.6) is 0 Å². The Balaban J connectivity index is 0.000000141. The van der Waals surface area contributed by atoms with Crippen molar-refractivity contribution in [3.05, 3.63) is 91.9 Å². The van der Waals surface area contributed by atoms with Gasteiger partial charge in [-0.15, -0.1) is 15.7 Å². The molecule has 3 aromatic heterocycles. The van der Waals surface area contributed by atoms with Gasteiger partial charge in [0.05, 0.1) is 65.6 Å². The smallest absolute Gasteiger partial charge is 1.00 e. The van der Waals surface area contributed by atoms with Crippen LogP contribution in [0.1, 0.15) is 323 Å². The zero-order valence-electron chi connectivity index (χ0n) is 89.6. The zero-order chi connectivity index (χ0) is 104. The normalized spacial score (nSPS) is 41.0. The van der Waals surface area contributed by atoms with E-state index in [1.807, 2.05) is 27.7 Å². The summed E-state index contributed by atoms with van der Waals surface area (Å²) in [6, 6.07) is 12.6. The molecule has 16 fully saturated rings. The van der Waals surface area contributed by atoms with Crippen LogP contribution in [-0.2, 0) is 41.9 Å². The molecule has 0 bridgehead atoms. The van der Waals surface area contributed by atoms with Crippen LogP contribution in [-0.4, -0.2) is 130 Å². The van der Waals surface area contributed by atoms with Gasteiger partial charge in [0, 0.05) is 23.7 Å². The molecule has 4 heterocycles. The summed E-state index contributed by atoms with van der Waals surface area (Å²) in [6.45, 7) is 27.9. The third-order valence-corrected chi connectivity index (χ3v) is 46.3. The minimum Gasteiger partial charge on any atom is -1.00 e. The maximum atomic E-state index is 14.7. The number of hydrogen-bond donors (Lipinski definition) is 7. The van der Waals surface area contributed by atoms with Crippen LogP contribution in [0.4, 0.5) is 28.9 Å². The number of rotatable bonds is 12. The predicted octanol–water partition coefficient (Wildman–Crippen LogP) is 18.8. The number of nitrogens with one attached hydrogen (secondary N) is 3. The van der Waals surface area contributed by atoms with E-state index >= 15 is 0 Å². The molecule has 16 saturated carbocycles. The maximum Gasteiger partial charge on any atom is 1.00 e. The number of ketones is 4. The Morgan fingerprint density at radius 2 is 0.757 bits per heavy atom. The summed E-state index contributed by atoms with van der Waals surface area (Å²) >= 11 is 26.7. The Morgan fingerprint density at radius 1 is 0.419 bits per heavy atom. The van der Waals surface area contributed by atoms with Crippen LogP contribution >= 0.6 is 62.3 Å². The second-order valence-electron chi connectivity index (χ2n) is 51.9. The van der Waals surface area contributed by atoms with Gasteiger partial charge in [-0.1, -0.05) is 130 Å². The fourth-order valence-electron chi connectivity index (χ4n) is 36.9. The number of alkyl halides is 1. The van der Waals surface area contributed by atoms with Crippen molar-refractivity contribution in [1.82, 2.24) is 50.9 Å². The Morgan fingerprint density at radius 3 is 1.15 bits per heavy atom. The third-order valence-electron chi connectivity index (χ3n) is 44.6. The summed E-state index contributed by atoms with van der Waals surface area (Å²) in [5, 5.41) is 79.7. The summed E-state index contributed by atoms with van der Waals surface area (Å²) in [4.78, 5) is 66.1. The summed E-state index contributed by atoms with van der Waals surface area (Å²) in [7, 11) is 0. The summed E-state index contributed by atoms with van der Waals surface area (Å²) in [5.74, 6) is 9.97. The van der Waals surface area contributed by atoms with E-state index in [0.29, 0.717) is 138 Å². The molecule has 0 spiro atoms. The number of hydrogen-bond acceptors (Lipinski definition) is 20. The molecular weight excluding hydrogens is 2090 g/mol. The number of aromatic amines is 1. The minimum absolute atomic E-state index is 0. The number of benzene rings is 4. The van der Waals surface area contributed by atoms with Crippen molar-refractivity contribution in [2.24, 2.45) is 162 Å². The van der Waals surface area contributed by atoms with Gasteiger partial charge in [0.1, 0.15) is 52.1 Å². The summed E-state index contributed by atoms with van der Waals surface area (Å²) in [5.41, 5.74) is 8.40. The minimum atomic E-state index is -0.581. The number of carbonyl (C=O) groups is 5. The fraction of sp³-hybridized carbons (Fsp3) is 0.746. The Hall–Kier alpha value is -2.78. The van der Waals surface area contributed by atoms with Crippen molar-refractivity contribution in [2.45, 2.75) is 357 Å². The first-order valence-electron chi connectivity index (χ1n) is 54.6. The number of aliphatic hydroxyl groups is 4. The van der Waals surface area contributed by atoms with E-state index in [9.17, 15) is 57.2 Å². The molecule has 34 heteroatoms. The molecule has 0 radical (unpaired) electrons. The summed E-state index contributed by atoms with van der Waals surface area (Å²) in [6.07, 6.45) is 39.9. The zero-order valence-corrected chi connectivity index (χ0v) is 99.5. The number of aromatic nitrogens is 9. The van der Waals surface area contributed by atoms with E-state index in [0.717, 1.165) is 153 Å². The van der Waals surface area contributed by atoms with Gasteiger partial charge in [0.2, 0.25) is 0 Å². The first-order valence-corrected chi connectivity index (χ1v) is 57.2. The molecule has 7 aromatic rings. The molecule has 17 aliphatic rings. The number of H-pyrrole nitrogens is 1. The van der Waals surface area contributed by atoms with E-state index in [2.05, 4.69) is 123 Å². The molecule has 16 aliphatic carbocycles. The average Bonchev–Trinajstić information content (AvgIpc) is 1.66. The molecule has 148 heavy (non-hydrogen) atoms. The SMILES string of the molecule is C.C[C@@]1(O)CC[C@@]2(C)[C@@H](CC[C@@H]3[C@@H]2CC[C@]2(C)[C@@H](C(=O)CBr)CC[C@@H]32)C1.C[C@@]1(O)CC[C@@]2(C)[C@@H](CC[C@@H]3[C@@H]2CC[C@]2(C)[C@@H](C(=O)CN4NNc5ccc(Cl)c(F)c54)CC[C@@H]32)C1.C[C@@]1(O)CC[C@@]2(C)[C@@H](CC[C@@H]3[C@@H]2CC[C@]2(C)[C@@H](C(=O)Cn4nc5ccc(Cl)c(F)c5n4)CC[C@@H]32)C1.C[C@@]1(O)CC[C@@]2(C)[C@@H](CC[C@@H]3[C@@H]2CC[C@]2(C)[C@@H](C(=O)Cn4nnc5c(F)c(Cl)ccc54)CC[C@@H]32)C1.Fc1c(Cl)ccc2n[nH]nc12.O=CO[O-].[H-].[K+].[K+]. The van der Waals surface area contributed by atoms with Crippen LogP contribution in [0, 0.1) is 185 Å². The van der Waals surface area contributed by atoms with Gasteiger partial charge in [-0.3, -0.25) is 29.0 Å². The topological polar surface area (TPSA) is 329 Å². The van der Waals surface area contributed by atoms with Crippen molar-refractivity contribution in [3.8, 4) is 0 Å². The van der Waals surface area contributed by atoms with E-state index < -0.39 is 45.7 Å². The molecular formula is C114H157BrCl4F4K2N12O11. The van der Waals surface area contributed by atoms with Crippen LogP contribution in [0.2, 0.25) is 20.1 Å². The Kier molecular flexibility index (Phi) is 35.5. The van der Waals surface area contributed by atoms with Crippen LogP contribution < -0.4 is 124 Å². The molecule has 32 atom stereocenters. The molecule has 7 N–H and O–H groups in total.